The maximum atomic E-state index is 12.8. The predicted molar refractivity (Wildman–Crippen MR) is 134 cm³/mol. The van der Waals surface area contributed by atoms with E-state index in [1.54, 1.807) is 36.4 Å². The van der Waals surface area contributed by atoms with Gasteiger partial charge in [-0.05, 0) is 54.6 Å². The number of nitrogens with zero attached hydrogens (tertiary/aromatic N) is 3. The van der Waals surface area contributed by atoms with Gasteiger partial charge in [0, 0.05) is 15.6 Å². The van der Waals surface area contributed by atoms with Crippen molar-refractivity contribution in [2.24, 2.45) is 0 Å². The molecular formula is C24H14Cl3F3N4O2S. The van der Waals surface area contributed by atoms with E-state index < -0.39 is 28.3 Å². The van der Waals surface area contributed by atoms with Gasteiger partial charge >= 0.3 is 6.18 Å². The second-order valence-corrected chi connectivity index (χ2v) is 10.7. The lowest BCUT2D eigenvalue weighted by molar-refractivity contribution is -0.137. The standard InChI is InChI=1S/C24H14Cl3F3N4O2S/c25-16-5-1-14(2-6-16)23-19(12-31)21(33-34(23)22-10-7-17(26)11-20(22)27)13-32-37(35,36)18-8-3-15(4-9-18)24(28,29)30/h1-11,32H,13H2. The summed E-state index contributed by atoms with van der Waals surface area (Å²) in [6.45, 7) is -0.426. The van der Waals surface area contributed by atoms with Gasteiger partial charge in [0.25, 0.3) is 0 Å². The fourth-order valence-electron chi connectivity index (χ4n) is 3.48. The van der Waals surface area contributed by atoms with Gasteiger partial charge in [-0.3, -0.25) is 0 Å². The van der Waals surface area contributed by atoms with Crippen molar-refractivity contribution in [1.82, 2.24) is 14.5 Å². The molecule has 0 saturated carbocycles. The van der Waals surface area contributed by atoms with Gasteiger partial charge in [0.15, 0.2) is 0 Å². The van der Waals surface area contributed by atoms with Crippen LogP contribution in [-0.2, 0) is 22.7 Å². The first kappa shape index (κ1) is 27.0. The maximum Gasteiger partial charge on any atom is 0.416 e. The minimum atomic E-state index is -4.61. The SMILES string of the molecule is N#Cc1c(CNS(=O)(=O)c2ccc(C(F)(F)F)cc2)nn(-c2ccc(Cl)cc2Cl)c1-c1ccc(Cl)cc1. The summed E-state index contributed by atoms with van der Waals surface area (Å²) < 4.78 is 67.7. The van der Waals surface area contributed by atoms with Crippen LogP contribution in [0.3, 0.4) is 0 Å². The number of nitrogens with one attached hydrogen (secondary N) is 1. The Morgan fingerprint density at radius 2 is 1.57 bits per heavy atom. The Balaban J connectivity index is 1.76. The topological polar surface area (TPSA) is 87.8 Å². The molecule has 4 aromatic rings. The molecule has 0 aliphatic rings. The quantitative estimate of drug-likeness (QED) is 0.268. The number of alkyl halides is 3. The van der Waals surface area contributed by atoms with Crippen LogP contribution < -0.4 is 4.72 Å². The van der Waals surface area contributed by atoms with E-state index in [4.69, 9.17) is 34.8 Å². The molecule has 3 aromatic carbocycles. The number of hydrogen-bond donors (Lipinski definition) is 1. The van der Waals surface area contributed by atoms with Gasteiger partial charge in [0.2, 0.25) is 10.0 Å². The molecule has 1 heterocycles. The Morgan fingerprint density at radius 1 is 0.946 bits per heavy atom. The van der Waals surface area contributed by atoms with Gasteiger partial charge in [0.05, 0.1) is 39.1 Å². The third-order valence-electron chi connectivity index (χ3n) is 5.25. The van der Waals surface area contributed by atoms with Crippen LogP contribution in [0.25, 0.3) is 16.9 Å². The average molecular weight is 586 g/mol. The van der Waals surface area contributed by atoms with Crippen molar-refractivity contribution >= 4 is 44.8 Å². The summed E-state index contributed by atoms with van der Waals surface area (Å²) in [6.07, 6.45) is -4.61. The molecule has 0 amide bonds. The summed E-state index contributed by atoms with van der Waals surface area (Å²) in [6, 6.07) is 16.3. The van der Waals surface area contributed by atoms with Crippen LogP contribution in [0, 0.1) is 11.3 Å². The van der Waals surface area contributed by atoms with E-state index in [2.05, 4.69) is 15.9 Å². The van der Waals surface area contributed by atoms with Crippen LogP contribution in [0.4, 0.5) is 13.2 Å². The highest BCUT2D eigenvalue weighted by atomic mass is 35.5. The van der Waals surface area contributed by atoms with Crippen LogP contribution in [0.2, 0.25) is 15.1 Å². The van der Waals surface area contributed by atoms with Crippen molar-refractivity contribution < 1.29 is 21.6 Å². The highest BCUT2D eigenvalue weighted by molar-refractivity contribution is 7.89. The van der Waals surface area contributed by atoms with E-state index >= 15 is 0 Å². The smallest absolute Gasteiger partial charge is 0.230 e. The first-order chi connectivity index (χ1) is 17.4. The molecule has 0 bridgehead atoms. The average Bonchev–Trinajstić information content (AvgIpc) is 3.21. The van der Waals surface area contributed by atoms with Gasteiger partial charge in [-0.1, -0.05) is 46.9 Å². The Morgan fingerprint density at radius 3 is 2.14 bits per heavy atom. The zero-order chi connectivity index (χ0) is 27.0. The van der Waals surface area contributed by atoms with Crippen LogP contribution in [0.1, 0.15) is 16.8 Å². The summed E-state index contributed by atoms with van der Waals surface area (Å²) in [5, 5.41) is 15.5. The summed E-state index contributed by atoms with van der Waals surface area (Å²) in [5.41, 5.74) is 0.398. The molecule has 0 atom stereocenters. The molecular weight excluding hydrogens is 572 g/mol. The van der Waals surface area contributed by atoms with Crippen LogP contribution in [0.5, 0.6) is 0 Å². The van der Waals surface area contributed by atoms with Crippen molar-refractivity contribution in [3.8, 4) is 23.0 Å². The van der Waals surface area contributed by atoms with E-state index in [-0.39, 0.29) is 21.2 Å². The third-order valence-corrected chi connectivity index (χ3v) is 7.45. The molecule has 0 spiro atoms. The maximum absolute atomic E-state index is 12.8. The van der Waals surface area contributed by atoms with Gasteiger partial charge in [0.1, 0.15) is 11.6 Å². The highest BCUT2D eigenvalue weighted by Gasteiger charge is 2.31. The largest absolute Gasteiger partial charge is 0.416 e. The number of aromatic nitrogens is 2. The number of rotatable bonds is 6. The molecule has 1 aromatic heterocycles. The van der Waals surface area contributed by atoms with Crippen LogP contribution in [-0.4, -0.2) is 18.2 Å². The first-order valence-electron chi connectivity index (χ1n) is 10.3. The van der Waals surface area contributed by atoms with E-state index in [0.717, 1.165) is 12.1 Å². The van der Waals surface area contributed by atoms with Crippen molar-refractivity contribution in [2.75, 3.05) is 0 Å². The molecule has 0 aliphatic heterocycles. The van der Waals surface area contributed by atoms with Crippen molar-refractivity contribution in [2.45, 2.75) is 17.6 Å². The molecule has 0 radical (unpaired) electrons. The monoisotopic (exact) mass is 584 g/mol. The Kier molecular flexibility index (Phi) is 7.55. The zero-order valence-electron chi connectivity index (χ0n) is 18.4. The minimum Gasteiger partial charge on any atom is -0.230 e. The van der Waals surface area contributed by atoms with Gasteiger partial charge < -0.3 is 0 Å². The highest BCUT2D eigenvalue weighted by Crippen LogP contribution is 2.34. The van der Waals surface area contributed by atoms with Crippen molar-refractivity contribution in [3.63, 3.8) is 0 Å². The summed E-state index contributed by atoms with van der Waals surface area (Å²) >= 11 is 18.4. The predicted octanol–water partition coefficient (Wildman–Crippen LogP) is 6.87. The van der Waals surface area contributed by atoms with E-state index in [1.165, 1.54) is 10.7 Å². The van der Waals surface area contributed by atoms with E-state index in [1.807, 2.05) is 0 Å². The molecule has 190 valence electrons. The summed E-state index contributed by atoms with van der Waals surface area (Å²) in [7, 11) is -4.23. The molecule has 1 N–H and O–H groups in total. The van der Waals surface area contributed by atoms with Gasteiger partial charge in [-0.15, -0.1) is 0 Å². The fraction of sp³-hybridized carbons (Fsp3) is 0.0833. The summed E-state index contributed by atoms with van der Waals surface area (Å²) in [5.74, 6) is 0. The lowest BCUT2D eigenvalue weighted by atomic mass is 10.1. The normalized spacial score (nSPS) is 11.9. The molecule has 37 heavy (non-hydrogen) atoms. The van der Waals surface area contributed by atoms with E-state index in [9.17, 15) is 26.9 Å². The number of hydrogen-bond acceptors (Lipinski definition) is 4. The fourth-order valence-corrected chi connectivity index (χ4v) is 5.08. The lowest BCUT2D eigenvalue weighted by Gasteiger charge is -2.10. The Hall–Kier alpha value is -3.07. The molecule has 0 saturated heterocycles. The van der Waals surface area contributed by atoms with Crippen molar-refractivity contribution in [1.29, 1.82) is 5.26 Å². The second-order valence-electron chi connectivity index (χ2n) is 7.64. The molecule has 4 rings (SSSR count). The number of halogens is 6. The molecule has 0 fully saturated rings. The molecule has 6 nitrogen and oxygen atoms in total. The Bertz CT molecular complexity index is 1610. The molecule has 13 heteroatoms. The summed E-state index contributed by atoms with van der Waals surface area (Å²) in [4.78, 5) is -0.378. The first-order valence-corrected chi connectivity index (χ1v) is 12.9. The number of benzene rings is 3. The van der Waals surface area contributed by atoms with Crippen LogP contribution in [0.15, 0.2) is 71.6 Å². The number of sulfonamides is 1. The zero-order valence-corrected chi connectivity index (χ0v) is 21.5. The second kappa shape index (κ2) is 10.4. The third kappa shape index (κ3) is 5.76. The van der Waals surface area contributed by atoms with Crippen molar-refractivity contribution in [3.05, 3.63) is 98.6 Å². The van der Waals surface area contributed by atoms with E-state index in [0.29, 0.717) is 39.1 Å². The lowest BCUT2D eigenvalue weighted by Crippen LogP contribution is -2.24. The van der Waals surface area contributed by atoms with Gasteiger partial charge in [-0.2, -0.15) is 23.5 Å². The Labute approximate surface area is 224 Å². The molecule has 0 aliphatic carbocycles. The van der Waals surface area contributed by atoms with Crippen LogP contribution >= 0.6 is 34.8 Å². The minimum absolute atomic E-state index is 0.0588. The van der Waals surface area contributed by atoms with Gasteiger partial charge in [-0.25, -0.2) is 17.8 Å². The molecule has 0 unspecified atom stereocenters. The number of nitriles is 1.